The van der Waals surface area contributed by atoms with Crippen molar-refractivity contribution in [3.05, 3.63) is 54.2 Å². The average Bonchev–Trinajstić information content (AvgIpc) is 3.39. The maximum atomic E-state index is 5.93. The third-order valence-corrected chi connectivity index (χ3v) is 6.22. The van der Waals surface area contributed by atoms with Crippen LogP contribution in [0.3, 0.4) is 0 Å². The lowest BCUT2D eigenvalue weighted by molar-refractivity contribution is 0.279. The van der Waals surface area contributed by atoms with E-state index in [2.05, 4.69) is 35.5 Å². The first kappa shape index (κ1) is 18.0. The lowest BCUT2D eigenvalue weighted by Crippen LogP contribution is -2.17. The van der Waals surface area contributed by atoms with Crippen LogP contribution in [0, 0.1) is 6.92 Å². The Balaban J connectivity index is 1.69. The second kappa shape index (κ2) is 6.49. The molecule has 0 saturated heterocycles. The summed E-state index contributed by atoms with van der Waals surface area (Å²) in [6.07, 6.45) is 5.65. The van der Waals surface area contributed by atoms with Crippen LogP contribution in [0.15, 0.2) is 47.8 Å². The number of nitrogens with zero attached hydrogens (tertiary/aromatic N) is 5. The Hall–Kier alpha value is -3.06. The summed E-state index contributed by atoms with van der Waals surface area (Å²) < 4.78 is 8.03. The number of aromatic nitrogens is 4. The second-order valence-electron chi connectivity index (χ2n) is 7.91. The van der Waals surface area contributed by atoms with Crippen LogP contribution < -0.4 is 0 Å². The highest BCUT2D eigenvalue weighted by molar-refractivity contribution is 7.18. The summed E-state index contributed by atoms with van der Waals surface area (Å²) in [5.41, 5.74) is 4.50. The minimum absolute atomic E-state index is 0.234. The van der Waals surface area contributed by atoms with Crippen LogP contribution in [0.5, 0.6) is 0 Å². The van der Waals surface area contributed by atoms with Crippen LogP contribution in [0.25, 0.3) is 32.0 Å². The van der Waals surface area contributed by atoms with Gasteiger partial charge in [0.1, 0.15) is 17.3 Å². The van der Waals surface area contributed by atoms with Gasteiger partial charge in [0, 0.05) is 36.6 Å². The predicted octanol–water partition coefficient (Wildman–Crippen LogP) is 4.62. The SMILES string of the molecule is Cc1nc(-c2cccnc2)sc1-c1cc2c(ccn2C)c(C2=NC(C)(C)CO2)n1. The van der Waals surface area contributed by atoms with Gasteiger partial charge in [0.05, 0.1) is 27.3 Å². The molecular weight excluding hydrogens is 382 g/mol. The summed E-state index contributed by atoms with van der Waals surface area (Å²) >= 11 is 1.63. The number of rotatable bonds is 3. The zero-order chi connectivity index (χ0) is 20.2. The van der Waals surface area contributed by atoms with E-state index in [1.54, 1.807) is 17.5 Å². The Morgan fingerprint density at radius 3 is 2.79 bits per heavy atom. The van der Waals surface area contributed by atoms with Crippen molar-refractivity contribution in [3.63, 3.8) is 0 Å². The molecule has 0 unspecified atom stereocenters. The number of thiazole rings is 1. The van der Waals surface area contributed by atoms with Crippen molar-refractivity contribution in [2.75, 3.05) is 6.61 Å². The molecule has 6 nitrogen and oxygen atoms in total. The van der Waals surface area contributed by atoms with Crippen molar-refractivity contribution in [1.29, 1.82) is 0 Å². The van der Waals surface area contributed by atoms with Crippen LogP contribution in [0.4, 0.5) is 0 Å². The third kappa shape index (κ3) is 3.11. The van der Waals surface area contributed by atoms with Crippen LogP contribution >= 0.6 is 11.3 Å². The highest BCUT2D eigenvalue weighted by atomic mass is 32.1. The van der Waals surface area contributed by atoms with Gasteiger partial charge in [-0.05, 0) is 45.0 Å². The number of hydrogen-bond acceptors (Lipinski definition) is 6. The molecule has 0 aromatic carbocycles. The number of hydrogen-bond donors (Lipinski definition) is 0. The lowest BCUT2D eigenvalue weighted by atomic mass is 10.1. The van der Waals surface area contributed by atoms with Gasteiger partial charge >= 0.3 is 0 Å². The number of ether oxygens (including phenoxy) is 1. The van der Waals surface area contributed by atoms with E-state index < -0.39 is 0 Å². The van der Waals surface area contributed by atoms with Gasteiger partial charge in [-0.2, -0.15) is 0 Å². The molecule has 29 heavy (non-hydrogen) atoms. The molecule has 0 N–H and O–H groups in total. The normalized spacial score (nSPS) is 15.5. The number of pyridine rings is 2. The highest BCUT2D eigenvalue weighted by Crippen LogP contribution is 2.36. The van der Waals surface area contributed by atoms with E-state index in [4.69, 9.17) is 19.7 Å². The van der Waals surface area contributed by atoms with Crippen LogP contribution in [-0.4, -0.2) is 37.6 Å². The summed E-state index contributed by atoms with van der Waals surface area (Å²) in [6, 6.07) is 8.14. The first-order valence-corrected chi connectivity index (χ1v) is 10.3. The molecule has 1 aliphatic heterocycles. The minimum atomic E-state index is -0.234. The van der Waals surface area contributed by atoms with Crippen molar-refractivity contribution >= 4 is 28.1 Å². The molecule has 1 aliphatic rings. The average molecular weight is 404 g/mol. The molecule has 7 heteroatoms. The summed E-state index contributed by atoms with van der Waals surface area (Å²) in [6.45, 7) is 6.72. The van der Waals surface area contributed by atoms with E-state index in [0.717, 1.165) is 43.4 Å². The summed E-state index contributed by atoms with van der Waals surface area (Å²) in [4.78, 5) is 19.8. The maximum absolute atomic E-state index is 5.93. The fraction of sp³-hybridized carbons (Fsp3) is 0.273. The molecule has 0 radical (unpaired) electrons. The van der Waals surface area contributed by atoms with Gasteiger partial charge < -0.3 is 9.30 Å². The molecule has 4 aromatic heterocycles. The van der Waals surface area contributed by atoms with Crippen molar-refractivity contribution in [3.8, 4) is 21.1 Å². The molecule has 4 aromatic rings. The van der Waals surface area contributed by atoms with Gasteiger partial charge in [0.15, 0.2) is 0 Å². The topological polar surface area (TPSA) is 65.2 Å². The van der Waals surface area contributed by atoms with Crippen LogP contribution in [0.1, 0.15) is 25.2 Å². The van der Waals surface area contributed by atoms with Crippen molar-refractivity contribution in [1.82, 2.24) is 19.5 Å². The molecule has 0 bridgehead atoms. The molecule has 0 fully saturated rings. The van der Waals surface area contributed by atoms with Gasteiger partial charge in [0.2, 0.25) is 5.90 Å². The van der Waals surface area contributed by atoms with Crippen molar-refractivity contribution in [2.24, 2.45) is 12.0 Å². The summed E-state index contributed by atoms with van der Waals surface area (Å²) in [5, 5.41) is 1.99. The molecule has 5 heterocycles. The fourth-order valence-electron chi connectivity index (χ4n) is 3.50. The number of aryl methyl sites for hydroxylation is 2. The molecule has 5 rings (SSSR count). The highest BCUT2D eigenvalue weighted by Gasteiger charge is 2.29. The zero-order valence-corrected chi connectivity index (χ0v) is 17.6. The van der Waals surface area contributed by atoms with Gasteiger partial charge in [-0.15, -0.1) is 11.3 Å². The summed E-state index contributed by atoms with van der Waals surface area (Å²) in [7, 11) is 2.04. The van der Waals surface area contributed by atoms with Crippen LogP contribution in [0.2, 0.25) is 0 Å². The Bertz CT molecular complexity index is 1250. The summed E-state index contributed by atoms with van der Waals surface area (Å²) in [5.74, 6) is 0.614. The van der Waals surface area contributed by atoms with E-state index >= 15 is 0 Å². The largest absolute Gasteiger partial charge is 0.474 e. The molecule has 0 amide bonds. The molecule has 0 atom stereocenters. The van der Waals surface area contributed by atoms with Gasteiger partial charge in [0.25, 0.3) is 0 Å². The Morgan fingerprint density at radius 1 is 1.21 bits per heavy atom. The van der Waals surface area contributed by atoms with Crippen LogP contribution in [-0.2, 0) is 11.8 Å². The number of aliphatic imine (C=N–C) groups is 1. The Morgan fingerprint density at radius 2 is 2.07 bits per heavy atom. The fourth-order valence-corrected chi connectivity index (χ4v) is 4.51. The molecular formula is C22H21N5OS. The predicted molar refractivity (Wildman–Crippen MR) is 116 cm³/mol. The first-order chi connectivity index (χ1) is 13.9. The quantitative estimate of drug-likeness (QED) is 0.501. The molecule has 0 aliphatic carbocycles. The third-order valence-electron chi connectivity index (χ3n) is 4.99. The maximum Gasteiger partial charge on any atom is 0.236 e. The number of fused-ring (bicyclic) bond motifs is 1. The lowest BCUT2D eigenvalue weighted by Gasteiger charge is -2.08. The first-order valence-electron chi connectivity index (χ1n) is 9.49. The van der Waals surface area contributed by atoms with Gasteiger partial charge in [-0.25, -0.2) is 15.0 Å². The Labute approximate surface area is 173 Å². The molecule has 0 saturated carbocycles. The van der Waals surface area contributed by atoms with Gasteiger partial charge in [-0.1, -0.05) is 0 Å². The molecule has 146 valence electrons. The second-order valence-corrected chi connectivity index (χ2v) is 8.91. The van der Waals surface area contributed by atoms with Crippen molar-refractivity contribution in [2.45, 2.75) is 26.3 Å². The standard InChI is InChI=1S/C22H21N5OS/c1-13-19(29-21(24-13)14-6-5-8-23-11-14)16-10-17-15(7-9-27(17)4)18(25-16)20-26-22(2,3)12-28-20/h5-11H,12H2,1-4H3. The van der Waals surface area contributed by atoms with E-state index in [9.17, 15) is 0 Å². The van der Waals surface area contributed by atoms with E-state index in [-0.39, 0.29) is 5.54 Å². The van der Waals surface area contributed by atoms with E-state index in [0.29, 0.717) is 12.5 Å². The molecule has 0 spiro atoms. The van der Waals surface area contributed by atoms with Crippen molar-refractivity contribution < 1.29 is 4.74 Å². The van der Waals surface area contributed by atoms with E-state index in [1.807, 2.05) is 38.5 Å². The Kier molecular flexibility index (Phi) is 4.03. The monoisotopic (exact) mass is 403 g/mol. The zero-order valence-electron chi connectivity index (χ0n) is 16.8. The minimum Gasteiger partial charge on any atom is -0.474 e. The van der Waals surface area contributed by atoms with E-state index in [1.165, 1.54) is 0 Å². The smallest absolute Gasteiger partial charge is 0.236 e. The van der Waals surface area contributed by atoms with Gasteiger partial charge in [-0.3, -0.25) is 4.98 Å².